The van der Waals surface area contributed by atoms with Crippen LogP contribution >= 0.6 is 0 Å². The Balaban J connectivity index is 2.10. The third-order valence-corrected chi connectivity index (χ3v) is 3.13. The van der Waals surface area contributed by atoms with Gasteiger partial charge in [-0.15, -0.1) is 0 Å². The maximum Gasteiger partial charge on any atom is 0.101 e. The summed E-state index contributed by atoms with van der Waals surface area (Å²) in [6, 6.07) is 9.03. The molecular formula is C11H12N2. The van der Waals surface area contributed by atoms with E-state index >= 15 is 0 Å². The molecule has 0 saturated heterocycles. The van der Waals surface area contributed by atoms with Crippen LogP contribution in [0.5, 0.6) is 0 Å². The van der Waals surface area contributed by atoms with Crippen molar-refractivity contribution >= 4 is 0 Å². The number of azo groups is 1. The zero-order chi connectivity index (χ0) is 8.67. The van der Waals surface area contributed by atoms with Gasteiger partial charge in [-0.1, -0.05) is 24.3 Å². The quantitative estimate of drug-likeness (QED) is 0.575. The molecule has 2 atom stereocenters. The van der Waals surface area contributed by atoms with Crippen molar-refractivity contribution in [1.29, 1.82) is 0 Å². The molecule has 0 spiro atoms. The molecule has 1 aromatic carbocycles. The minimum atomic E-state index is 0.380. The molecule has 0 fully saturated rings. The van der Waals surface area contributed by atoms with Crippen molar-refractivity contribution < 1.29 is 0 Å². The van der Waals surface area contributed by atoms with E-state index in [9.17, 15) is 0 Å². The zero-order valence-electron chi connectivity index (χ0n) is 7.48. The van der Waals surface area contributed by atoms with Crippen LogP contribution in [0.3, 0.4) is 0 Å². The molecule has 66 valence electrons. The van der Waals surface area contributed by atoms with E-state index in [1.807, 2.05) is 0 Å². The minimum Gasteiger partial charge on any atom is -0.193 e. The third kappa shape index (κ3) is 1.01. The van der Waals surface area contributed by atoms with Crippen LogP contribution in [0.4, 0.5) is 0 Å². The van der Waals surface area contributed by atoms with Gasteiger partial charge in [-0.3, -0.25) is 0 Å². The van der Waals surface area contributed by atoms with Gasteiger partial charge in [-0.2, -0.15) is 10.2 Å². The third-order valence-electron chi connectivity index (χ3n) is 3.13. The van der Waals surface area contributed by atoms with Crippen LogP contribution in [0.15, 0.2) is 34.5 Å². The molecule has 0 saturated carbocycles. The Hall–Kier alpha value is -1.18. The highest BCUT2D eigenvalue weighted by atomic mass is 15.2. The average molecular weight is 172 g/mol. The molecule has 0 bridgehead atoms. The summed E-state index contributed by atoms with van der Waals surface area (Å²) in [6.45, 7) is 0.943. The first-order valence-electron chi connectivity index (χ1n) is 4.89. The number of benzene rings is 1. The van der Waals surface area contributed by atoms with Gasteiger partial charge in [0.05, 0.1) is 6.54 Å². The second-order valence-corrected chi connectivity index (χ2v) is 3.88. The number of fused-ring (bicyclic) bond motifs is 3. The Morgan fingerprint density at radius 3 is 3.15 bits per heavy atom. The molecule has 2 nitrogen and oxygen atoms in total. The van der Waals surface area contributed by atoms with E-state index < -0.39 is 0 Å². The first-order chi connectivity index (χ1) is 6.45. The zero-order valence-corrected chi connectivity index (χ0v) is 7.48. The highest BCUT2D eigenvalue weighted by Gasteiger charge is 2.32. The summed E-state index contributed by atoms with van der Waals surface area (Å²) in [6.07, 6.45) is 2.47. The summed E-state index contributed by atoms with van der Waals surface area (Å²) in [4.78, 5) is 0. The van der Waals surface area contributed by atoms with Crippen LogP contribution < -0.4 is 0 Å². The molecular weight excluding hydrogens is 160 g/mol. The molecule has 2 unspecified atom stereocenters. The molecule has 13 heavy (non-hydrogen) atoms. The Bertz CT molecular complexity index is 357. The highest BCUT2D eigenvalue weighted by Crippen LogP contribution is 2.40. The van der Waals surface area contributed by atoms with Gasteiger partial charge in [0, 0.05) is 5.92 Å². The number of hydrogen-bond donors (Lipinski definition) is 0. The van der Waals surface area contributed by atoms with Gasteiger partial charge in [0.25, 0.3) is 0 Å². The monoisotopic (exact) mass is 172 g/mol. The van der Waals surface area contributed by atoms with Crippen LogP contribution in [0.1, 0.15) is 23.6 Å². The molecule has 0 aromatic heterocycles. The van der Waals surface area contributed by atoms with E-state index in [0.717, 1.165) is 6.54 Å². The standard InChI is InChI=1S/C11H12N2/c1-2-4-10-8(3-1)5-6-9-7-12-13-11(9)10/h1-4,9,11H,5-7H2. The normalized spacial score (nSPS) is 29.8. The number of nitrogens with zero attached hydrogens (tertiary/aromatic N) is 2. The summed E-state index contributed by atoms with van der Waals surface area (Å²) in [5, 5.41) is 8.48. The van der Waals surface area contributed by atoms with Crippen molar-refractivity contribution in [2.24, 2.45) is 16.1 Å². The first kappa shape index (κ1) is 7.25. The van der Waals surface area contributed by atoms with E-state index in [0.29, 0.717) is 12.0 Å². The van der Waals surface area contributed by atoms with E-state index in [2.05, 4.69) is 34.5 Å². The largest absolute Gasteiger partial charge is 0.193 e. The molecule has 1 aliphatic carbocycles. The fourth-order valence-corrected chi connectivity index (χ4v) is 2.39. The van der Waals surface area contributed by atoms with Gasteiger partial charge in [-0.05, 0) is 24.0 Å². The van der Waals surface area contributed by atoms with Gasteiger partial charge in [0.2, 0.25) is 0 Å². The highest BCUT2D eigenvalue weighted by molar-refractivity contribution is 5.33. The molecule has 0 amide bonds. The average Bonchev–Trinajstić information content (AvgIpc) is 2.65. The van der Waals surface area contributed by atoms with Crippen LogP contribution in [-0.4, -0.2) is 6.54 Å². The predicted molar refractivity (Wildman–Crippen MR) is 50.7 cm³/mol. The van der Waals surface area contributed by atoms with Crippen molar-refractivity contribution in [3.8, 4) is 0 Å². The lowest BCUT2D eigenvalue weighted by Crippen LogP contribution is -2.17. The maximum absolute atomic E-state index is 4.32. The van der Waals surface area contributed by atoms with E-state index in [4.69, 9.17) is 0 Å². The Kier molecular flexibility index (Phi) is 1.48. The van der Waals surface area contributed by atoms with Gasteiger partial charge in [0.1, 0.15) is 6.04 Å². The predicted octanol–water partition coefficient (Wildman–Crippen LogP) is 2.76. The summed E-state index contributed by atoms with van der Waals surface area (Å²) in [5.74, 6) is 0.690. The summed E-state index contributed by atoms with van der Waals surface area (Å²) in [7, 11) is 0. The topological polar surface area (TPSA) is 24.7 Å². The fraction of sp³-hybridized carbons (Fsp3) is 0.455. The Morgan fingerprint density at radius 2 is 2.15 bits per heavy atom. The number of aryl methyl sites for hydroxylation is 1. The molecule has 1 aliphatic heterocycles. The summed E-state index contributed by atoms with van der Waals surface area (Å²) >= 11 is 0. The van der Waals surface area contributed by atoms with Crippen molar-refractivity contribution in [1.82, 2.24) is 0 Å². The van der Waals surface area contributed by atoms with Crippen LogP contribution in [0, 0.1) is 5.92 Å². The second-order valence-electron chi connectivity index (χ2n) is 3.88. The number of hydrogen-bond acceptors (Lipinski definition) is 2. The SMILES string of the molecule is c1ccc2c(c1)CCC1CN=NC21. The fourth-order valence-electron chi connectivity index (χ4n) is 2.39. The van der Waals surface area contributed by atoms with E-state index in [1.54, 1.807) is 0 Å². The molecule has 1 heterocycles. The molecule has 2 heteroatoms. The van der Waals surface area contributed by atoms with Crippen molar-refractivity contribution in [3.63, 3.8) is 0 Å². The number of rotatable bonds is 0. The Morgan fingerprint density at radius 1 is 1.23 bits per heavy atom. The van der Waals surface area contributed by atoms with Crippen LogP contribution in [0.2, 0.25) is 0 Å². The molecule has 1 aromatic rings. The van der Waals surface area contributed by atoms with Crippen LogP contribution in [0.25, 0.3) is 0 Å². The molecule has 2 aliphatic rings. The smallest absolute Gasteiger partial charge is 0.101 e. The van der Waals surface area contributed by atoms with Gasteiger partial charge in [-0.25, -0.2) is 0 Å². The lowest BCUT2D eigenvalue weighted by Gasteiger charge is -2.24. The summed E-state index contributed by atoms with van der Waals surface area (Å²) in [5.41, 5.74) is 2.89. The van der Waals surface area contributed by atoms with Gasteiger partial charge >= 0.3 is 0 Å². The maximum atomic E-state index is 4.32. The van der Waals surface area contributed by atoms with Crippen LogP contribution in [-0.2, 0) is 6.42 Å². The van der Waals surface area contributed by atoms with Gasteiger partial charge in [0.15, 0.2) is 0 Å². The molecule has 0 N–H and O–H groups in total. The molecule has 0 radical (unpaired) electrons. The van der Waals surface area contributed by atoms with Crippen molar-refractivity contribution in [3.05, 3.63) is 35.4 Å². The first-order valence-corrected chi connectivity index (χ1v) is 4.89. The lowest BCUT2D eigenvalue weighted by atomic mass is 9.81. The molecule has 3 rings (SSSR count). The summed E-state index contributed by atoms with van der Waals surface area (Å²) < 4.78 is 0. The van der Waals surface area contributed by atoms with E-state index in [-0.39, 0.29) is 0 Å². The second kappa shape index (κ2) is 2.66. The Labute approximate surface area is 77.7 Å². The lowest BCUT2D eigenvalue weighted by molar-refractivity contribution is 0.434. The minimum absolute atomic E-state index is 0.380. The van der Waals surface area contributed by atoms with E-state index in [1.165, 1.54) is 24.0 Å². The van der Waals surface area contributed by atoms with Crippen molar-refractivity contribution in [2.75, 3.05) is 6.54 Å². The van der Waals surface area contributed by atoms with Gasteiger partial charge < -0.3 is 0 Å². The van der Waals surface area contributed by atoms with Crippen molar-refractivity contribution in [2.45, 2.75) is 18.9 Å².